The number of carbonyl (C=O) groups excluding carboxylic acids is 2. The van der Waals surface area contributed by atoms with E-state index in [-0.39, 0.29) is 24.5 Å². The second kappa shape index (κ2) is 20.8. The van der Waals surface area contributed by atoms with E-state index < -0.39 is 11.4 Å². The van der Waals surface area contributed by atoms with Crippen LogP contribution in [0.2, 0.25) is 0 Å². The zero-order valence-corrected chi connectivity index (χ0v) is 40.4. The molecule has 69 heavy (non-hydrogen) atoms. The van der Waals surface area contributed by atoms with Crippen molar-refractivity contribution in [3.05, 3.63) is 160 Å². The molecule has 5 aromatic carbocycles. The van der Waals surface area contributed by atoms with Gasteiger partial charge in [0.15, 0.2) is 5.41 Å². The number of carboxylic acid groups (broad SMARTS) is 1. The Morgan fingerprint density at radius 2 is 1.14 bits per heavy atom. The van der Waals surface area contributed by atoms with Crippen molar-refractivity contribution in [3.8, 4) is 33.9 Å². The van der Waals surface area contributed by atoms with Gasteiger partial charge in [-0.05, 0) is 96.8 Å². The lowest BCUT2D eigenvalue weighted by Crippen LogP contribution is -2.40. The van der Waals surface area contributed by atoms with Crippen LogP contribution in [0, 0.1) is 0 Å². The molecule has 2 heterocycles. The number of benzene rings is 6. The number of rotatable bonds is 13. The van der Waals surface area contributed by atoms with Crippen LogP contribution in [0.1, 0.15) is 100 Å². The maximum absolute atomic E-state index is 13.5. The molecule has 0 aromatic heterocycles. The second-order valence-corrected chi connectivity index (χ2v) is 16.9. The minimum absolute atomic E-state index is 0. The van der Waals surface area contributed by atoms with E-state index in [0.29, 0.717) is 22.6 Å². The summed E-state index contributed by atoms with van der Waals surface area (Å²) < 4.78 is 15.3. The van der Waals surface area contributed by atoms with Crippen LogP contribution in [-0.4, -0.2) is 74.6 Å². The van der Waals surface area contributed by atoms with Crippen LogP contribution >= 0.6 is 0 Å². The van der Waals surface area contributed by atoms with Gasteiger partial charge in [-0.1, -0.05) is 68.1 Å². The molecular formula is C58H64N6O5. The van der Waals surface area contributed by atoms with Crippen LogP contribution in [0.3, 0.4) is 0 Å². The first-order valence-electron chi connectivity index (χ1n) is 24.0. The van der Waals surface area contributed by atoms with Gasteiger partial charge in [0.05, 0.1) is 12.0 Å². The minimum atomic E-state index is -1.19. The Hall–Kier alpha value is -7.49. The Kier molecular flexibility index (Phi) is 14.9. The zero-order valence-electron chi connectivity index (χ0n) is 40.4. The molecule has 0 radical (unpaired) electrons. The first-order chi connectivity index (χ1) is 33.1. The number of hydrogen-bond donors (Lipinski definition) is 0. The normalized spacial score (nSPS) is 12.8. The quantitative estimate of drug-likeness (QED) is 0.0484. The standard InChI is InChI=1S/C29H30N4O2.C28H30N2O3.CH4/c1-5-32(6-2)19-13-15-23-25(17-19)35-26-18-20(33(7-3)8-4)14-16-24(26)29(23)22-12-10-9-11-21(22)27(34)28(29)31-30;1-5-29(6-2)19-13-15-23-25(17-19)33-26-18-20(30(7-3)8-4)14-16-24(26)27(23)21-11-9-10-12-22(21)28(31)32;/h9-18H,5-8H2,1-4H3;9-18H,5-8H2,1-4H3;1H4. The van der Waals surface area contributed by atoms with Crippen molar-refractivity contribution in [3.63, 3.8) is 0 Å². The first-order valence-corrected chi connectivity index (χ1v) is 24.0. The molecule has 1 spiro atoms. The predicted molar refractivity (Wildman–Crippen MR) is 279 cm³/mol. The highest BCUT2D eigenvalue weighted by Crippen LogP contribution is 2.57. The average Bonchev–Trinajstić information content (AvgIpc) is 3.61. The van der Waals surface area contributed by atoms with Crippen molar-refractivity contribution in [1.29, 1.82) is 0 Å². The van der Waals surface area contributed by atoms with Gasteiger partial charge >= 0.3 is 5.71 Å². The molecule has 11 nitrogen and oxygen atoms in total. The summed E-state index contributed by atoms with van der Waals surface area (Å²) in [5.74, 6) is 0.620. The van der Waals surface area contributed by atoms with Gasteiger partial charge in [-0.3, -0.25) is 4.79 Å². The predicted octanol–water partition coefficient (Wildman–Crippen LogP) is 10.5. The lowest BCUT2D eigenvalue weighted by molar-refractivity contribution is -0.254. The summed E-state index contributed by atoms with van der Waals surface area (Å²) in [6.07, 6.45) is 0. The monoisotopic (exact) mass is 924 g/mol. The third kappa shape index (κ3) is 8.46. The number of carbonyl (C=O) groups is 2. The summed E-state index contributed by atoms with van der Waals surface area (Å²) in [6, 6.07) is 39.1. The van der Waals surface area contributed by atoms with Crippen LogP contribution in [0.5, 0.6) is 11.5 Å². The minimum Gasteiger partial charge on any atom is -0.545 e. The number of Topliss-reactive ketones (excluding diaryl/α,β-unsaturated/α-hetero) is 1. The summed E-state index contributed by atoms with van der Waals surface area (Å²) in [5, 5.41) is 13.9. The number of anilines is 3. The molecule has 0 bridgehead atoms. The number of carboxylic acids is 1. The van der Waals surface area contributed by atoms with Gasteiger partial charge < -0.3 is 39.3 Å². The number of ether oxygens (including phenoxy) is 1. The van der Waals surface area contributed by atoms with E-state index >= 15 is 0 Å². The fourth-order valence-electron chi connectivity index (χ4n) is 10.4. The third-order valence-corrected chi connectivity index (χ3v) is 13.8. The summed E-state index contributed by atoms with van der Waals surface area (Å²) in [7, 11) is 0. The van der Waals surface area contributed by atoms with Gasteiger partial charge in [-0.15, -0.1) is 0 Å². The zero-order chi connectivity index (χ0) is 48.3. The molecule has 0 saturated heterocycles. The smallest absolute Gasteiger partial charge is 0.358 e. The summed E-state index contributed by atoms with van der Waals surface area (Å²) in [4.78, 5) is 35.9. The van der Waals surface area contributed by atoms with Gasteiger partial charge in [-0.2, -0.15) is 4.79 Å². The van der Waals surface area contributed by atoms with Crippen LogP contribution in [0.15, 0.2) is 126 Å². The molecule has 2 aliphatic heterocycles. The largest absolute Gasteiger partial charge is 0.545 e. The SMILES string of the molecule is C.CCN(CC)c1ccc2c(-c3ccccc3C(=O)[O-])c3ccc(=[N+](CC)CC)cc-3oc2c1.CCN(CC)c1ccc2c(c1)Oc1cc(N(CC)CC)ccc1C21C(=[N+]=[N-])C(=O)c2ccccc21. The van der Waals surface area contributed by atoms with Crippen molar-refractivity contribution < 1.29 is 28.6 Å². The molecule has 0 fully saturated rings. The number of hydrogen-bond acceptors (Lipinski definition) is 8. The van der Waals surface area contributed by atoms with Crippen molar-refractivity contribution >= 4 is 45.5 Å². The van der Waals surface area contributed by atoms with Gasteiger partial charge in [0.1, 0.15) is 35.9 Å². The first kappa shape index (κ1) is 49.4. The number of fused-ring (bicyclic) bond motifs is 8. The van der Waals surface area contributed by atoms with Crippen molar-refractivity contribution in [2.45, 2.75) is 68.2 Å². The maximum atomic E-state index is 13.5. The Morgan fingerprint density at radius 3 is 1.68 bits per heavy atom. The summed E-state index contributed by atoms with van der Waals surface area (Å²) >= 11 is 0. The van der Waals surface area contributed by atoms with Crippen molar-refractivity contribution in [1.82, 2.24) is 4.58 Å². The summed E-state index contributed by atoms with van der Waals surface area (Å²) in [6.45, 7) is 24.0. The maximum Gasteiger partial charge on any atom is 0.358 e. The van der Waals surface area contributed by atoms with E-state index in [1.807, 2.05) is 66.7 Å². The molecule has 356 valence electrons. The molecule has 2 aliphatic carbocycles. The van der Waals surface area contributed by atoms with E-state index in [9.17, 15) is 20.2 Å². The number of nitrogens with zero attached hydrogens (tertiary/aromatic N) is 6. The molecule has 0 atom stereocenters. The molecule has 0 saturated carbocycles. The molecule has 5 aromatic rings. The van der Waals surface area contributed by atoms with E-state index in [4.69, 9.17) is 9.15 Å². The highest BCUT2D eigenvalue weighted by molar-refractivity contribution is 6.52. The molecule has 4 aliphatic rings. The fraction of sp³-hybridized carbons (Fsp3) is 0.310. The highest BCUT2D eigenvalue weighted by Gasteiger charge is 2.62. The van der Waals surface area contributed by atoms with Gasteiger partial charge in [0, 0.05) is 119 Å². The lowest BCUT2D eigenvalue weighted by Gasteiger charge is -2.36. The van der Waals surface area contributed by atoms with E-state index in [2.05, 4.69) is 116 Å². The van der Waals surface area contributed by atoms with E-state index in [1.54, 1.807) is 18.2 Å². The Labute approximate surface area is 406 Å². The topological polar surface area (TPSA) is 129 Å². The number of aromatic carboxylic acids is 1. The molecular weight excluding hydrogens is 861 g/mol. The summed E-state index contributed by atoms with van der Waals surface area (Å²) in [5.41, 5.74) is 18.7. The van der Waals surface area contributed by atoms with Crippen molar-refractivity contribution in [2.75, 3.05) is 67.1 Å². The molecule has 0 amide bonds. The molecule has 11 heteroatoms. The third-order valence-electron chi connectivity index (χ3n) is 13.8. The molecule has 0 N–H and O–H groups in total. The Bertz CT molecular complexity index is 3070. The van der Waals surface area contributed by atoms with Gasteiger partial charge in [0.25, 0.3) is 5.78 Å². The lowest BCUT2D eigenvalue weighted by atomic mass is 9.67. The van der Waals surface area contributed by atoms with Crippen LogP contribution in [0.25, 0.3) is 39.0 Å². The van der Waals surface area contributed by atoms with Crippen molar-refractivity contribution in [2.24, 2.45) is 0 Å². The Balaban J connectivity index is 0.000000201. The van der Waals surface area contributed by atoms with Crippen LogP contribution in [-0.2, 0) is 5.41 Å². The average molecular weight is 925 g/mol. The molecule has 9 rings (SSSR count). The highest BCUT2D eigenvalue weighted by atomic mass is 16.5. The number of ketones is 1. The fourth-order valence-corrected chi connectivity index (χ4v) is 10.4. The van der Waals surface area contributed by atoms with E-state index in [1.165, 1.54) is 0 Å². The van der Waals surface area contributed by atoms with E-state index in [0.717, 1.165) is 119 Å². The molecule has 0 unspecified atom stereocenters. The van der Waals surface area contributed by atoms with Gasteiger partial charge in [-0.25, -0.2) is 4.58 Å². The van der Waals surface area contributed by atoms with Gasteiger partial charge in [0.2, 0.25) is 5.36 Å². The van der Waals surface area contributed by atoms with Crippen LogP contribution in [0.4, 0.5) is 17.1 Å². The Morgan fingerprint density at radius 1 is 0.623 bits per heavy atom. The van der Waals surface area contributed by atoms with Crippen LogP contribution < -0.4 is 34.5 Å². The second-order valence-electron chi connectivity index (χ2n) is 16.9.